The minimum Gasteiger partial charge on any atom is -0.462 e. The third-order valence-corrected chi connectivity index (χ3v) is 5.72. The molecule has 164 valence electrons. The van der Waals surface area contributed by atoms with Crippen LogP contribution in [-0.4, -0.2) is 23.0 Å². The number of aromatic nitrogens is 1. The number of pyridine rings is 1. The third-order valence-electron chi connectivity index (χ3n) is 5.47. The van der Waals surface area contributed by atoms with Crippen LogP contribution in [-0.2, 0) is 4.79 Å². The maximum Gasteiger partial charge on any atom is 0.263 e. The summed E-state index contributed by atoms with van der Waals surface area (Å²) in [6, 6.07) is 22.7. The monoisotopic (exact) mass is 447 g/mol. The predicted octanol–water partition coefficient (Wildman–Crippen LogP) is 5.47. The molecule has 0 radical (unpaired) electrons. The maximum absolute atomic E-state index is 13.0. The fraction of sp³-hybridized carbons (Fsp3) is 0.269. The topological polar surface area (TPSA) is 75.0 Å². The highest BCUT2D eigenvalue weighted by Gasteiger charge is 2.32. The van der Waals surface area contributed by atoms with Crippen LogP contribution in [0.25, 0.3) is 0 Å². The van der Waals surface area contributed by atoms with E-state index in [0.717, 1.165) is 11.1 Å². The highest BCUT2D eigenvalue weighted by Crippen LogP contribution is 2.33. The number of nitrogens with zero attached hydrogens (tertiary/aromatic N) is 2. The molecule has 3 aromatic rings. The zero-order valence-corrected chi connectivity index (χ0v) is 19.1. The first kappa shape index (κ1) is 23.3. The SMILES string of the molecule is CC(c1ccc(Cl)cc1)C(CNC(=O)C(C)(C)Oc1ccccn1)c1cccc(C#N)c1. The van der Waals surface area contributed by atoms with Gasteiger partial charge < -0.3 is 10.1 Å². The summed E-state index contributed by atoms with van der Waals surface area (Å²) in [7, 11) is 0. The number of benzene rings is 2. The molecule has 0 fully saturated rings. The molecule has 3 rings (SSSR count). The molecule has 32 heavy (non-hydrogen) atoms. The zero-order chi connectivity index (χ0) is 23.1. The Labute approximate surface area is 194 Å². The first-order valence-corrected chi connectivity index (χ1v) is 10.8. The van der Waals surface area contributed by atoms with Gasteiger partial charge in [-0.25, -0.2) is 4.98 Å². The maximum atomic E-state index is 13.0. The Hall–Kier alpha value is -3.36. The summed E-state index contributed by atoms with van der Waals surface area (Å²) in [6.45, 7) is 5.91. The Balaban J connectivity index is 1.81. The second-order valence-electron chi connectivity index (χ2n) is 8.17. The van der Waals surface area contributed by atoms with E-state index < -0.39 is 5.60 Å². The molecule has 2 aromatic carbocycles. The normalized spacial score (nSPS) is 13.0. The molecule has 0 aliphatic heterocycles. The number of nitrogens with one attached hydrogen (secondary N) is 1. The quantitative estimate of drug-likeness (QED) is 0.497. The highest BCUT2D eigenvalue weighted by atomic mass is 35.5. The van der Waals surface area contributed by atoms with Gasteiger partial charge in [0, 0.05) is 29.7 Å². The van der Waals surface area contributed by atoms with Crippen LogP contribution in [0.2, 0.25) is 5.02 Å². The van der Waals surface area contributed by atoms with Gasteiger partial charge in [0.1, 0.15) is 0 Å². The van der Waals surface area contributed by atoms with Crippen molar-refractivity contribution in [3.8, 4) is 11.9 Å². The minimum atomic E-state index is -1.10. The van der Waals surface area contributed by atoms with Gasteiger partial charge in [0.15, 0.2) is 5.60 Å². The second kappa shape index (κ2) is 10.3. The molecule has 0 aliphatic carbocycles. The molecule has 1 aromatic heterocycles. The predicted molar refractivity (Wildman–Crippen MR) is 126 cm³/mol. The minimum absolute atomic E-state index is 0.0564. The molecule has 2 atom stereocenters. The molecule has 0 saturated carbocycles. The number of amides is 1. The van der Waals surface area contributed by atoms with E-state index in [1.807, 2.05) is 48.5 Å². The summed E-state index contributed by atoms with van der Waals surface area (Å²) >= 11 is 6.06. The van der Waals surface area contributed by atoms with Gasteiger partial charge in [-0.3, -0.25) is 4.79 Å². The van der Waals surface area contributed by atoms with Crippen LogP contribution in [0.15, 0.2) is 72.9 Å². The summed E-state index contributed by atoms with van der Waals surface area (Å²) in [5.41, 5.74) is 1.56. The lowest BCUT2D eigenvalue weighted by atomic mass is 9.82. The van der Waals surface area contributed by atoms with Gasteiger partial charge in [0.25, 0.3) is 5.91 Å². The summed E-state index contributed by atoms with van der Waals surface area (Å²) in [6.07, 6.45) is 1.62. The molecular weight excluding hydrogens is 422 g/mol. The van der Waals surface area contributed by atoms with E-state index in [9.17, 15) is 10.1 Å². The van der Waals surface area contributed by atoms with Crippen molar-refractivity contribution in [1.82, 2.24) is 10.3 Å². The summed E-state index contributed by atoms with van der Waals surface area (Å²) in [4.78, 5) is 17.1. The highest BCUT2D eigenvalue weighted by molar-refractivity contribution is 6.30. The average Bonchev–Trinajstić information content (AvgIpc) is 2.80. The zero-order valence-electron chi connectivity index (χ0n) is 18.4. The Kier molecular flexibility index (Phi) is 7.50. The van der Waals surface area contributed by atoms with Crippen LogP contribution in [0, 0.1) is 11.3 Å². The second-order valence-corrected chi connectivity index (χ2v) is 8.61. The van der Waals surface area contributed by atoms with E-state index in [1.54, 1.807) is 38.2 Å². The van der Waals surface area contributed by atoms with Gasteiger partial charge >= 0.3 is 0 Å². The van der Waals surface area contributed by atoms with Crippen LogP contribution < -0.4 is 10.1 Å². The van der Waals surface area contributed by atoms with E-state index in [2.05, 4.69) is 23.3 Å². The van der Waals surface area contributed by atoms with Crippen LogP contribution in [0.5, 0.6) is 5.88 Å². The van der Waals surface area contributed by atoms with Crippen LogP contribution in [0.1, 0.15) is 49.3 Å². The van der Waals surface area contributed by atoms with Gasteiger partial charge in [0.2, 0.25) is 5.88 Å². The van der Waals surface area contributed by atoms with Crippen molar-refractivity contribution >= 4 is 17.5 Å². The lowest BCUT2D eigenvalue weighted by Crippen LogP contribution is -2.48. The smallest absolute Gasteiger partial charge is 0.263 e. The van der Waals surface area contributed by atoms with Gasteiger partial charge in [0.05, 0.1) is 11.6 Å². The Morgan fingerprint density at radius 2 is 1.88 bits per heavy atom. The van der Waals surface area contributed by atoms with Gasteiger partial charge in [-0.05, 0) is 61.2 Å². The Morgan fingerprint density at radius 1 is 1.12 bits per heavy atom. The number of carbonyl (C=O) groups is 1. The van der Waals surface area contributed by atoms with Crippen molar-refractivity contribution in [2.45, 2.75) is 38.2 Å². The first-order valence-electron chi connectivity index (χ1n) is 10.4. The Morgan fingerprint density at radius 3 is 2.53 bits per heavy atom. The lowest BCUT2D eigenvalue weighted by Gasteiger charge is -2.29. The molecular formula is C26H26ClN3O2. The fourth-order valence-corrected chi connectivity index (χ4v) is 3.68. The van der Waals surface area contributed by atoms with Gasteiger partial charge in [-0.15, -0.1) is 0 Å². The van der Waals surface area contributed by atoms with E-state index in [0.29, 0.717) is 23.0 Å². The summed E-state index contributed by atoms with van der Waals surface area (Å²) in [5.74, 6) is 0.161. The van der Waals surface area contributed by atoms with Crippen LogP contribution >= 0.6 is 11.6 Å². The summed E-state index contributed by atoms with van der Waals surface area (Å²) in [5, 5.41) is 13.1. The third kappa shape index (κ3) is 5.87. The molecule has 0 aliphatic rings. The number of rotatable bonds is 8. The molecule has 1 N–H and O–H groups in total. The molecule has 2 unspecified atom stereocenters. The van der Waals surface area contributed by atoms with Crippen LogP contribution in [0.4, 0.5) is 0 Å². The number of ether oxygens (including phenoxy) is 1. The number of carbonyl (C=O) groups excluding carboxylic acids is 1. The molecule has 6 heteroatoms. The average molecular weight is 448 g/mol. The number of hydrogen-bond acceptors (Lipinski definition) is 4. The molecule has 5 nitrogen and oxygen atoms in total. The van der Waals surface area contributed by atoms with Crippen molar-refractivity contribution in [3.05, 3.63) is 94.6 Å². The lowest BCUT2D eigenvalue weighted by molar-refractivity contribution is -0.134. The van der Waals surface area contributed by atoms with Crippen molar-refractivity contribution < 1.29 is 9.53 Å². The number of hydrogen-bond donors (Lipinski definition) is 1. The van der Waals surface area contributed by atoms with Crippen molar-refractivity contribution in [2.24, 2.45) is 0 Å². The van der Waals surface area contributed by atoms with E-state index >= 15 is 0 Å². The standard InChI is InChI=1S/C26H26ClN3O2/c1-18(20-10-12-22(27)13-11-20)23(21-8-6-7-19(15-21)16-28)17-30-25(31)26(2,3)32-24-9-4-5-14-29-24/h4-15,18,23H,17H2,1-3H3,(H,30,31). The van der Waals surface area contributed by atoms with Gasteiger partial charge in [-0.1, -0.05) is 48.9 Å². The molecule has 1 amide bonds. The number of nitriles is 1. The largest absolute Gasteiger partial charge is 0.462 e. The van der Waals surface area contributed by atoms with Crippen molar-refractivity contribution in [1.29, 1.82) is 5.26 Å². The van der Waals surface area contributed by atoms with Crippen molar-refractivity contribution in [3.63, 3.8) is 0 Å². The van der Waals surface area contributed by atoms with Crippen molar-refractivity contribution in [2.75, 3.05) is 6.54 Å². The van der Waals surface area contributed by atoms with E-state index in [4.69, 9.17) is 16.3 Å². The Bertz CT molecular complexity index is 1090. The number of halogens is 1. The van der Waals surface area contributed by atoms with Gasteiger partial charge in [-0.2, -0.15) is 5.26 Å². The fourth-order valence-electron chi connectivity index (χ4n) is 3.55. The summed E-state index contributed by atoms with van der Waals surface area (Å²) < 4.78 is 5.82. The first-order chi connectivity index (χ1) is 15.3. The molecule has 0 spiro atoms. The van der Waals surface area contributed by atoms with Crippen LogP contribution in [0.3, 0.4) is 0 Å². The van der Waals surface area contributed by atoms with E-state index in [1.165, 1.54) is 0 Å². The molecule has 0 saturated heterocycles. The molecule has 0 bridgehead atoms. The van der Waals surface area contributed by atoms with E-state index in [-0.39, 0.29) is 17.7 Å². The molecule has 1 heterocycles.